The van der Waals surface area contributed by atoms with Crippen LogP contribution in [-0.4, -0.2) is 64.4 Å². The molecule has 0 aromatic heterocycles. The first-order valence-electron chi connectivity index (χ1n) is 7.84. The predicted molar refractivity (Wildman–Crippen MR) is 80.5 cm³/mol. The van der Waals surface area contributed by atoms with Crippen molar-refractivity contribution < 1.29 is 43.9 Å². The first-order chi connectivity index (χ1) is 11.2. The van der Waals surface area contributed by atoms with Crippen LogP contribution in [0, 0.1) is 0 Å². The topological polar surface area (TPSA) is 140 Å². The summed E-state index contributed by atoms with van der Waals surface area (Å²) < 4.78 is 14.0. The van der Waals surface area contributed by atoms with E-state index in [1.807, 2.05) is 0 Å². The minimum atomic E-state index is -3.67. The molecule has 0 spiro atoms. The Morgan fingerprint density at radius 3 is 1.62 bits per heavy atom. The van der Waals surface area contributed by atoms with Gasteiger partial charge in [-0.2, -0.15) is 0 Å². The molecule has 24 heavy (non-hydrogen) atoms. The van der Waals surface area contributed by atoms with Crippen LogP contribution >= 0.6 is 0 Å². The van der Waals surface area contributed by atoms with Crippen molar-refractivity contribution in [2.45, 2.75) is 57.8 Å². The van der Waals surface area contributed by atoms with Crippen molar-refractivity contribution in [1.82, 2.24) is 0 Å². The van der Waals surface area contributed by atoms with Crippen LogP contribution in [0.2, 0.25) is 0 Å². The molecule has 0 heterocycles. The fraction of sp³-hybridized carbons (Fsp3) is 0.800. The Labute approximate surface area is 140 Å². The van der Waals surface area contributed by atoms with Crippen molar-refractivity contribution in [2.24, 2.45) is 0 Å². The van der Waals surface area contributed by atoms with Crippen LogP contribution < -0.4 is 0 Å². The van der Waals surface area contributed by atoms with Gasteiger partial charge in [-0.05, 0) is 19.3 Å². The van der Waals surface area contributed by atoms with Crippen LogP contribution in [0.4, 0.5) is 0 Å². The molecule has 0 amide bonds. The lowest BCUT2D eigenvalue weighted by atomic mass is 9.89. The Balaban J connectivity index is 5.46. The average molecular weight is 350 g/mol. The highest BCUT2D eigenvalue weighted by molar-refractivity contribution is 5.94. The lowest BCUT2D eigenvalue weighted by Crippen LogP contribution is -2.65. The van der Waals surface area contributed by atoms with Crippen LogP contribution in [0.5, 0.6) is 0 Å². The van der Waals surface area contributed by atoms with E-state index in [1.165, 1.54) is 0 Å². The largest absolute Gasteiger partial charge is 0.466 e. The molecule has 1 atom stereocenters. The number of aliphatic hydroxyl groups is 3. The van der Waals surface area contributed by atoms with Gasteiger partial charge in [-0.25, -0.2) is 9.59 Å². The van der Waals surface area contributed by atoms with Crippen LogP contribution in [0.3, 0.4) is 0 Å². The van der Waals surface area contributed by atoms with Gasteiger partial charge in [-0.1, -0.05) is 20.8 Å². The monoisotopic (exact) mass is 350 g/mol. The summed E-state index contributed by atoms with van der Waals surface area (Å²) in [7, 11) is 0. The maximum absolute atomic E-state index is 12.1. The van der Waals surface area contributed by atoms with Gasteiger partial charge in [0.25, 0.3) is 0 Å². The van der Waals surface area contributed by atoms with Crippen molar-refractivity contribution >= 4 is 17.9 Å². The fourth-order valence-corrected chi connectivity index (χ4v) is 1.59. The second kappa shape index (κ2) is 10.2. The molecule has 140 valence electrons. The zero-order valence-electron chi connectivity index (χ0n) is 14.2. The van der Waals surface area contributed by atoms with Crippen molar-refractivity contribution in [2.75, 3.05) is 19.8 Å². The van der Waals surface area contributed by atoms with Gasteiger partial charge in [-0.15, -0.1) is 0 Å². The SMILES string of the molecule is CCCOC(=O)CC(O)(C(=O)OCCC)C(O)(O)C(=O)OCCC. The highest BCUT2D eigenvalue weighted by atomic mass is 16.6. The molecular formula is C15H26O9. The van der Waals surface area contributed by atoms with Gasteiger partial charge in [0.1, 0.15) is 0 Å². The van der Waals surface area contributed by atoms with Gasteiger partial charge < -0.3 is 29.5 Å². The molecule has 9 heteroatoms. The maximum atomic E-state index is 12.1. The molecular weight excluding hydrogens is 324 g/mol. The molecule has 0 bridgehead atoms. The molecule has 0 saturated carbocycles. The summed E-state index contributed by atoms with van der Waals surface area (Å²) >= 11 is 0. The summed E-state index contributed by atoms with van der Waals surface area (Å²) in [6, 6.07) is 0. The number of rotatable bonds is 11. The lowest BCUT2D eigenvalue weighted by molar-refractivity contribution is -0.277. The van der Waals surface area contributed by atoms with E-state index in [2.05, 4.69) is 9.47 Å². The van der Waals surface area contributed by atoms with E-state index < -0.39 is 35.7 Å². The summed E-state index contributed by atoms with van der Waals surface area (Å²) in [5, 5.41) is 30.4. The van der Waals surface area contributed by atoms with E-state index in [0.717, 1.165) is 0 Å². The average Bonchev–Trinajstić information content (AvgIpc) is 2.54. The van der Waals surface area contributed by atoms with E-state index in [4.69, 9.17) is 4.74 Å². The van der Waals surface area contributed by atoms with Gasteiger partial charge in [0.05, 0.1) is 26.2 Å². The van der Waals surface area contributed by atoms with Gasteiger partial charge in [-0.3, -0.25) is 4.79 Å². The van der Waals surface area contributed by atoms with Crippen molar-refractivity contribution in [3.63, 3.8) is 0 Å². The Hall–Kier alpha value is -1.71. The van der Waals surface area contributed by atoms with Crippen molar-refractivity contribution in [3.05, 3.63) is 0 Å². The van der Waals surface area contributed by atoms with Crippen molar-refractivity contribution in [3.8, 4) is 0 Å². The first-order valence-corrected chi connectivity index (χ1v) is 7.84. The van der Waals surface area contributed by atoms with Gasteiger partial charge in [0, 0.05) is 0 Å². The lowest BCUT2D eigenvalue weighted by Gasteiger charge is -2.34. The normalized spacial score (nSPS) is 13.8. The summed E-state index contributed by atoms with van der Waals surface area (Å²) in [6.45, 7) is 4.74. The van der Waals surface area contributed by atoms with Crippen molar-refractivity contribution in [1.29, 1.82) is 0 Å². The Morgan fingerprint density at radius 1 is 0.750 bits per heavy atom. The smallest absolute Gasteiger partial charge is 0.370 e. The molecule has 0 aliphatic rings. The zero-order chi connectivity index (χ0) is 18.8. The molecule has 0 aliphatic heterocycles. The molecule has 0 aliphatic carbocycles. The Bertz CT molecular complexity index is 433. The molecule has 0 fully saturated rings. The number of carbonyl (C=O) groups excluding carboxylic acids is 3. The highest BCUT2D eigenvalue weighted by Gasteiger charge is 2.63. The number of hydrogen-bond acceptors (Lipinski definition) is 9. The molecule has 0 aromatic carbocycles. The van der Waals surface area contributed by atoms with E-state index in [1.54, 1.807) is 20.8 Å². The summed E-state index contributed by atoms with van der Waals surface area (Å²) in [6.07, 6.45) is 0.0570. The van der Waals surface area contributed by atoms with Crippen LogP contribution in [0.1, 0.15) is 46.5 Å². The molecule has 9 nitrogen and oxygen atoms in total. The number of carbonyl (C=O) groups is 3. The molecule has 0 radical (unpaired) electrons. The van der Waals surface area contributed by atoms with Gasteiger partial charge in [0.15, 0.2) is 0 Å². The molecule has 0 rings (SSSR count). The molecule has 1 unspecified atom stereocenters. The Morgan fingerprint density at radius 2 is 1.17 bits per heavy atom. The van der Waals surface area contributed by atoms with Crippen LogP contribution in [0.15, 0.2) is 0 Å². The first kappa shape index (κ1) is 22.3. The van der Waals surface area contributed by atoms with Crippen LogP contribution in [0.25, 0.3) is 0 Å². The van der Waals surface area contributed by atoms with E-state index in [9.17, 15) is 29.7 Å². The summed E-state index contributed by atoms with van der Waals surface area (Å²) in [4.78, 5) is 35.6. The summed E-state index contributed by atoms with van der Waals surface area (Å²) in [5.41, 5.74) is -3.25. The minimum absolute atomic E-state index is 0.00303. The maximum Gasteiger partial charge on any atom is 0.370 e. The quantitative estimate of drug-likeness (QED) is 0.259. The van der Waals surface area contributed by atoms with E-state index in [0.29, 0.717) is 19.3 Å². The summed E-state index contributed by atoms with van der Waals surface area (Å²) in [5.74, 6) is -7.96. The van der Waals surface area contributed by atoms with E-state index >= 15 is 0 Å². The second-order valence-electron chi connectivity index (χ2n) is 5.20. The number of hydrogen-bond donors (Lipinski definition) is 3. The predicted octanol–water partition coefficient (Wildman–Crippen LogP) is -0.352. The van der Waals surface area contributed by atoms with Gasteiger partial charge >= 0.3 is 23.7 Å². The Kier molecular flexibility index (Phi) is 9.49. The third kappa shape index (κ3) is 5.73. The molecule has 3 N–H and O–H groups in total. The van der Waals surface area contributed by atoms with Gasteiger partial charge in [0.2, 0.25) is 5.60 Å². The fourth-order valence-electron chi connectivity index (χ4n) is 1.59. The van der Waals surface area contributed by atoms with Crippen LogP contribution in [-0.2, 0) is 28.6 Å². The third-order valence-electron chi connectivity index (χ3n) is 2.94. The molecule has 0 aromatic rings. The zero-order valence-corrected chi connectivity index (χ0v) is 14.2. The molecule has 0 saturated heterocycles. The second-order valence-corrected chi connectivity index (χ2v) is 5.20. The minimum Gasteiger partial charge on any atom is -0.466 e. The van der Waals surface area contributed by atoms with E-state index in [-0.39, 0.29) is 19.8 Å². The number of ether oxygens (including phenoxy) is 3. The third-order valence-corrected chi connectivity index (χ3v) is 2.94. The standard InChI is InChI=1S/C15H26O9/c1-4-7-22-11(16)10-14(19,12(17)23-8-5-2)15(20,21)13(18)24-9-6-3/h19-21H,4-10H2,1-3H3. The number of esters is 3. The highest BCUT2D eigenvalue weighted by Crippen LogP contribution is 2.28.